The summed E-state index contributed by atoms with van der Waals surface area (Å²) in [4.78, 5) is 17.2. The maximum atomic E-state index is 13.1. The molecule has 0 spiro atoms. The molecule has 0 radical (unpaired) electrons. The van der Waals surface area contributed by atoms with Crippen molar-refractivity contribution in [1.29, 1.82) is 0 Å². The Balaban J connectivity index is 1.78. The van der Waals surface area contributed by atoms with Crippen LogP contribution in [0.2, 0.25) is 0 Å². The predicted octanol–water partition coefficient (Wildman–Crippen LogP) is 5.77. The molecule has 7 nitrogen and oxygen atoms in total. The Morgan fingerprint density at radius 3 is 2.41 bits per heavy atom. The van der Waals surface area contributed by atoms with Crippen molar-refractivity contribution >= 4 is 13.3 Å². The Kier molecular flexibility index (Phi) is 7.31. The minimum Gasteiger partial charge on any atom is -0.459 e. The Hall–Kier alpha value is -1.98. The first kappa shape index (κ1) is 24.7. The summed E-state index contributed by atoms with van der Waals surface area (Å²) < 4.78 is 29.4. The van der Waals surface area contributed by atoms with Crippen LogP contribution in [0.3, 0.4) is 0 Å². The molecule has 0 aliphatic heterocycles. The lowest BCUT2D eigenvalue weighted by Gasteiger charge is -2.26. The third-order valence-electron chi connectivity index (χ3n) is 5.80. The number of nitrogens with zero attached hydrogens (tertiary/aromatic N) is 2. The van der Waals surface area contributed by atoms with Crippen molar-refractivity contribution in [3.63, 3.8) is 0 Å². The third-order valence-corrected chi connectivity index (χ3v) is 8.10. The van der Waals surface area contributed by atoms with Gasteiger partial charge in [-0.2, -0.15) is 4.98 Å². The van der Waals surface area contributed by atoms with Gasteiger partial charge >= 0.3 is 5.97 Å². The van der Waals surface area contributed by atoms with Crippen molar-refractivity contribution in [2.45, 2.75) is 83.4 Å². The fraction of sp³-hybridized carbons (Fsp3) is 0.625. The van der Waals surface area contributed by atoms with Gasteiger partial charge in [0.1, 0.15) is 11.3 Å². The van der Waals surface area contributed by atoms with E-state index in [1.54, 1.807) is 27.7 Å². The molecule has 0 amide bonds. The van der Waals surface area contributed by atoms with E-state index < -0.39 is 24.6 Å². The Labute approximate surface area is 190 Å². The summed E-state index contributed by atoms with van der Waals surface area (Å²) in [6, 6.07) is 8.31. The Bertz CT molecular complexity index is 973. The number of carbonyl (C=O) groups excluding carboxylic acids is 1. The lowest BCUT2D eigenvalue weighted by atomic mass is 9.90. The second-order valence-corrected chi connectivity index (χ2v) is 12.4. The van der Waals surface area contributed by atoms with Gasteiger partial charge in [-0.25, -0.2) is 0 Å². The normalized spacial score (nSPS) is 18.1. The topological polar surface area (TPSA) is 91.5 Å². The van der Waals surface area contributed by atoms with Gasteiger partial charge in [-0.15, -0.1) is 0 Å². The molecular formula is C24H35N2O5P. The number of benzene rings is 1. The summed E-state index contributed by atoms with van der Waals surface area (Å²) in [5.41, 5.74) is 0.827. The van der Waals surface area contributed by atoms with Crippen LogP contribution in [-0.2, 0) is 30.5 Å². The van der Waals surface area contributed by atoms with Crippen LogP contribution in [0, 0.1) is 0 Å². The lowest BCUT2D eigenvalue weighted by molar-refractivity contribution is -0.154. The molecule has 1 fully saturated rings. The van der Waals surface area contributed by atoms with Gasteiger partial charge in [0.2, 0.25) is 19.1 Å². The highest BCUT2D eigenvalue weighted by atomic mass is 31.2. The van der Waals surface area contributed by atoms with Gasteiger partial charge in [-0.1, -0.05) is 42.8 Å². The first-order valence-corrected chi connectivity index (χ1v) is 13.5. The summed E-state index contributed by atoms with van der Waals surface area (Å²) >= 11 is 0. The summed E-state index contributed by atoms with van der Waals surface area (Å²) in [6.45, 7) is 10.9. The van der Waals surface area contributed by atoms with Gasteiger partial charge in [-0.3, -0.25) is 9.36 Å². The molecule has 0 bridgehead atoms. The van der Waals surface area contributed by atoms with Gasteiger partial charge in [0, 0.05) is 18.6 Å². The standard InChI is InChI=1S/C24H35N2O5P/c1-7-13-24(14-15-24)18-11-9-17(10-12-18)21-25-20(31-26-21)16-19(32(6,28)29-8-2)22(27)30-23(3,4)5/h9-12,19H,7-8,13-16H2,1-6H3. The first-order valence-electron chi connectivity index (χ1n) is 11.4. The minimum absolute atomic E-state index is 0.00656. The average molecular weight is 463 g/mol. The highest BCUT2D eigenvalue weighted by molar-refractivity contribution is 7.60. The van der Waals surface area contributed by atoms with E-state index >= 15 is 0 Å². The SMILES string of the molecule is CCCC1(c2ccc(-c3noc(CC(C(=O)OC(C)(C)C)P(C)(=O)OCC)n3)cc2)CC1. The zero-order valence-corrected chi connectivity index (χ0v) is 20.9. The van der Waals surface area contributed by atoms with Crippen LogP contribution in [0.15, 0.2) is 28.8 Å². The van der Waals surface area contributed by atoms with Crippen LogP contribution in [0.4, 0.5) is 0 Å². The van der Waals surface area contributed by atoms with E-state index in [4.69, 9.17) is 13.8 Å². The molecule has 3 rings (SSSR count). The van der Waals surface area contributed by atoms with E-state index in [2.05, 4.69) is 29.2 Å². The monoisotopic (exact) mass is 462 g/mol. The molecule has 0 saturated heterocycles. The van der Waals surface area contributed by atoms with Crippen LogP contribution in [0.1, 0.15) is 71.8 Å². The molecule has 2 unspecified atom stereocenters. The summed E-state index contributed by atoms with van der Waals surface area (Å²) in [5, 5.41) is 4.08. The maximum absolute atomic E-state index is 13.1. The molecule has 1 aliphatic carbocycles. The first-order chi connectivity index (χ1) is 15.0. The molecule has 32 heavy (non-hydrogen) atoms. The maximum Gasteiger partial charge on any atom is 0.319 e. The van der Waals surface area contributed by atoms with Gasteiger partial charge in [0.25, 0.3) is 0 Å². The van der Waals surface area contributed by atoms with Crippen molar-refractivity contribution in [2.75, 3.05) is 13.3 Å². The molecule has 0 N–H and O–H groups in total. The van der Waals surface area contributed by atoms with Crippen molar-refractivity contribution in [1.82, 2.24) is 10.1 Å². The molecule has 1 aliphatic rings. The molecule has 1 aromatic heterocycles. The predicted molar refractivity (Wildman–Crippen MR) is 124 cm³/mol. The van der Waals surface area contributed by atoms with Gasteiger partial charge in [0.15, 0.2) is 0 Å². The quantitative estimate of drug-likeness (QED) is 0.327. The molecule has 176 valence electrons. The van der Waals surface area contributed by atoms with E-state index in [9.17, 15) is 9.36 Å². The smallest absolute Gasteiger partial charge is 0.319 e. The van der Waals surface area contributed by atoms with Crippen molar-refractivity contribution in [2.24, 2.45) is 0 Å². The highest BCUT2D eigenvalue weighted by Crippen LogP contribution is 2.52. The molecule has 1 heterocycles. The zero-order valence-electron chi connectivity index (χ0n) is 20.0. The number of hydrogen-bond acceptors (Lipinski definition) is 7. The van der Waals surface area contributed by atoms with Gasteiger partial charge < -0.3 is 13.8 Å². The van der Waals surface area contributed by atoms with Crippen LogP contribution in [0.5, 0.6) is 0 Å². The zero-order chi connectivity index (χ0) is 23.6. The number of rotatable bonds is 10. The number of ether oxygens (including phenoxy) is 1. The van der Waals surface area contributed by atoms with E-state index in [1.807, 2.05) is 12.1 Å². The molecule has 1 aromatic carbocycles. The van der Waals surface area contributed by atoms with Crippen LogP contribution in [-0.4, -0.2) is 40.6 Å². The van der Waals surface area contributed by atoms with Crippen molar-refractivity contribution < 1.29 is 23.1 Å². The minimum atomic E-state index is -3.30. The number of aromatic nitrogens is 2. The fourth-order valence-corrected chi connectivity index (χ4v) is 5.68. The second-order valence-electron chi connectivity index (χ2n) is 9.70. The van der Waals surface area contributed by atoms with Crippen molar-refractivity contribution in [3.05, 3.63) is 35.7 Å². The molecule has 2 aromatic rings. The Morgan fingerprint density at radius 2 is 1.88 bits per heavy atom. The van der Waals surface area contributed by atoms with E-state index in [0.717, 1.165) is 5.56 Å². The van der Waals surface area contributed by atoms with Crippen LogP contribution in [0.25, 0.3) is 11.4 Å². The largest absolute Gasteiger partial charge is 0.459 e. The number of hydrogen-bond donors (Lipinski definition) is 0. The lowest BCUT2D eigenvalue weighted by Crippen LogP contribution is -2.33. The van der Waals surface area contributed by atoms with E-state index in [-0.39, 0.29) is 18.9 Å². The third kappa shape index (κ3) is 5.87. The van der Waals surface area contributed by atoms with Gasteiger partial charge in [-0.05, 0) is 57.9 Å². The number of carbonyl (C=O) groups is 1. The Morgan fingerprint density at radius 1 is 1.22 bits per heavy atom. The van der Waals surface area contributed by atoms with E-state index in [0.29, 0.717) is 11.2 Å². The van der Waals surface area contributed by atoms with Crippen LogP contribution < -0.4 is 0 Å². The highest BCUT2D eigenvalue weighted by Gasteiger charge is 2.43. The number of esters is 1. The summed E-state index contributed by atoms with van der Waals surface area (Å²) in [7, 11) is -3.30. The van der Waals surface area contributed by atoms with Crippen molar-refractivity contribution in [3.8, 4) is 11.4 Å². The summed E-state index contributed by atoms with van der Waals surface area (Å²) in [5.74, 6) is 0.0788. The second kappa shape index (κ2) is 9.48. The molecular weight excluding hydrogens is 427 g/mol. The van der Waals surface area contributed by atoms with Gasteiger partial charge in [0.05, 0.1) is 6.61 Å². The molecule has 2 atom stereocenters. The average Bonchev–Trinajstić information content (AvgIpc) is 3.33. The van der Waals surface area contributed by atoms with E-state index in [1.165, 1.54) is 37.9 Å². The summed E-state index contributed by atoms with van der Waals surface area (Å²) in [6.07, 6.45) is 4.87. The van der Waals surface area contributed by atoms with Crippen LogP contribution >= 0.6 is 7.37 Å². The molecule has 1 saturated carbocycles. The molecule has 8 heteroatoms. The fourth-order valence-electron chi connectivity index (χ4n) is 4.06.